The van der Waals surface area contributed by atoms with Crippen molar-refractivity contribution in [3.8, 4) is 0 Å². The van der Waals surface area contributed by atoms with Crippen molar-refractivity contribution >= 4 is 30.8 Å². The Morgan fingerprint density at radius 3 is 1.53 bits per heavy atom. The van der Waals surface area contributed by atoms with Crippen LogP contribution in [0.1, 0.15) is 348 Å². The average Bonchev–Trinajstić information content (AvgIpc) is 2.20. The lowest BCUT2D eigenvalue weighted by molar-refractivity contribution is -0.136. The number of hydrogen-bond acceptors (Lipinski definition) is 12. The highest BCUT2D eigenvalue weighted by Gasteiger charge is 2.46. The summed E-state index contributed by atoms with van der Waals surface area (Å²) in [5, 5.41) is 21.1. The summed E-state index contributed by atoms with van der Waals surface area (Å²) >= 11 is 0. The van der Waals surface area contributed by atoms with E-state index in [-0.39, 0.29) is 17.9 Å². The highest BCUT2D eigenvalue weighted by molar-refractivity contribution is 7.48. The van der Waals surface area contributed by atoms with Gasteiger partial charge in [0.05, 0.1) is 19.0 Å². The first-order chi connectivity index (χ1) is 41.5. The predicted molar refractivity (Wildman–Crippen MR) is 350 cm³/mol. The van der Waals surface area contributed by atoms with Gasteiger partial charge in [-0.25, -0.2) is 19.5 Å². The number of anilines is 1. The second-order valence-electron chi connectivity index (χ2n) is 26.9. The first kappa shape index (κ1) is 75.3. The zero-order valence-electron chi connectivity index (χ0n) is 55.0. The fourth-order valence-electron chi connectivity index (χ4n) is 13.6. The van der Waals surface area contributed by atoms with Crippen molar-refractivity contribution in [1.82, 2.24) is 19.5 Å². The maximum Gasteiger partial charge on any atom is 0.529 e. The van der Waals surface area contributed by atoms with Crippen LogP contribution in [-0.4, -0.2) is 78.7 Å². The molecule has 14 nitrogen and oxygen atoms in total. The topological polar surface area (TPSA) is 201 Å². The highest BCUT2D eigenvalue weighted by atomic mass is 31.2. The number of carbonyl (C=O) groups is 1. The van der Waals surface area contributed by atoms with E-state index in [0.717, 1.165) is 37.0 Å². The van der Waals surface area contributed by atoms with Crippen LogP contribution in [0.3, 0.4) is 0 Å². The Morgan fingerprint density at radius 2 is 1.05 bits per heavy atom. The average molecular weight is 1220 g/mol. The van der Waals surface area contributed by atoms with Crippen molar-refractivity contribution in [2.24, 2.45) is 23.7 Å². The number of hydrogen-bond donors (Lipinski definition) is 4. The fourth-order valence-corrected chi connectivity index (χ4v) is 14.3. The molecule has 85 heavy (non-hydrogen) atoms. The molecule has 494 valence electrons. The highest BCUT2D eigenvalue weighted by Crippen LogP contribution is 2.49. The summed E-state index contributed by atoms with van der Waals surface area (Å²) in [6.45, 7) is 6.69. The van der Waals surface area contributed by atoms with Crippen molar-refractivity contribution < 1.29 is 43.0 Å². The number of imidazole rings is 1. The largest absolute Gasteiger partial charge is 0.529 e. The van der Waals surface area contributed by atoms with Crippen LogP contribution in [-0.2, 0) is 27.9 Å². The van der Waals surface area contributed by atoms with Crippen LogP contribution in [0.15, 0.2) is 12.7 Å². The van der Waals surface area contributed by atoms with Crippen molar-refractivity contribution in [3.63, 3.8) is 0 Å². The monoisotopic (exact) mass is 1220 g/mol. The number of aliphatic hydroxyl groups is 2. The molecule has 0 amide bonds. The normalized spacial score (nSPS) is 20.5. The summed E-state index contributed by atoms with van der Waals surface area (Å²) in [5.41, 5.74) is 6.42. The molecule has 0 bridgehead atoms. The number of ether oxygens (including phenoxy) is 2. The number of rotatable bonds is 59. The van der Waals surface area contributed by atoms with E-state index < -0.39 is 44.9 Å². The fraction of sp³-hybridized carbons (Fsp3) is 0.914. The molecule has 15 heteroatoms. The molecule has 1 saturated heterocycles. The molecule has 1 aliphatic heterocycles. The summed E-state index contributed by atoms with van der Waals surface area (Å²) in [4.78, 5) is 34.6. The van der Waals surface area contributed by atoms with Crippen molar-refractivity contribution in [1.29, 1.82) is 0 Å². The number of aliphatic hydroxyl groups excluding tert-OH is 2. The second-order valence-corrected chi connectivity index (χ2v) is 28.2. The summed E-state index contributed by atoms with van der Waals surface area (Å²) in [6.07, 6.45) is 64.7. The minimum absolute atomic E-state index is 0.00806. The molecule has 1 saturated carbocycles. The van der Waals surface area contributed by atoms with Gasteiger partial charge in [0.15, 0.2) is 17.7 Å². The molecule has 4 rings (SSSR count). The number of fused-ring (bicyclic) bond motifs is 1. The zero-order chi connectivity index (χ0) is 61.0. The van der Waals surface area contributed by atoms with E-state index in [2.05, 4.69) is 35.7 Å². The third-order valence-electron chi connectivity index (χ3n) is 19.4. The Balaban J connectivity index is 0.803. The Kier molecular flexibility index (Phi) is 42.3. The maximum absolute atomic E-state index is 12.5. The zero-order valence-corrected chi connectivity index (χ0v) is 55.9. The van der Waals surface area contributed by atoms with Gasteiger partial charge in [-0.05, 0) is 49.4 Å². The van der Waals surface area contributed by atoms with Gasteiger partial charge in [0, 0.05) is 13.5 Å². The number of nitrogens with two attached hydrogens (primary N) is 1. The van der Waals surface area contributed by atoms with Crippen LogP contribution in [0.25, 0.3) is 11.2 Å². The molecular formula is C70H130N5O9P. The number of phosphoric ester groups is 1. The number of aromatic nitrogens is 4. The van der Waals surface area contributed by atoms with Crippen LogP contribution in [0.2, 0.25) is 0 Å². The minimum atomic E-state index is -4.77. The molecule has 2 aromatic heterocycles. The number of carbonyl (C=O) groups excluding carboxylic acids is 1. The van der Waals surface area contributed by atoms with Crippen LogP contribution in [0, 0.1) is 23.7 Å². The van der Waals surface area contributed by atoms with Gasteiger partial charge in [-0.15, -0.1) is 0 Å². The third-order valence-corrected chi connectivity index (χ3v) is 20.3. The lowest BCUT2D eigenvalue weighted by Crippen LogP contribution is -2.33. The molecule has 1 aliphatic carbocycles. The van der Waals surface area contributed by atoms with Gasteiger partial charge in [0.2, 0.25) is 0 Å². The third kappa shape index (κ3) is 34.0. The van der Waals surface area contributed by atoms with E-state index >= 15 is 0 Å². The van der Waals surface area contributed by atoms with Gasteiger partial charge in [0.1, 0.15) is 30.2 Å². The molecule has 0 spiro atoms. The first-order valence-corrected chi connectivity index (χ1v) is 37.6. The van der Waals surface area contributed by atoms with E-state index in [1.54, 1.807) is 0 Å². The summed E-state index contributed by atoms with van der Waals surface area (Å²) < 4.78 is 35.3. The number of nitrogens with zero attached hydrogens (tertiary/aromatic N) is 4. The molecule has 10 atom stereocenters. The number of phosphoric acid groups is 1. The summed E-state index contributed by atoms with van der Waals surface area (Å²) in [6, 6.07) is 0. The molecule has 0 radical (unpaired) electrons. The summed E-state index contributed by atoms with van der Waals surface area (Å²) in [7, 11) is -2.82. The summed E-state index contributed by atoms with van der Waals surface area (Å²) in [5.74, 6) is 3.00. The first-order valence-electron chi connectivity index (χ1n) is 36.1. The molecule has 6 unspecified atom stereocenters. The molecule has 3 heterocycles. The lowest BCUT2D eigenvalue weighted by atomic mass is 9.93. The Hall–Kier alpha value is -2.19. The van der Waals surface area contributed by atoms with E-state index in [1.165, 1.54) is 306 Å². The van der Waals surface area contributed by atoms with Gasteiger partial charge >= 0.3 is 13.8 Å². The van der Waals surface area contributed by atoms with Crippen molar-refractivity contribution in [3.05, 3.63) is 12.7 Å². The van der Waals surface area contributed by atoms with Gasteiger partial charge in [0.25, 0.3) is 0 Å². The lowest BCUT2D eigenvalue weighted by Gasteiger charge is -2.22. The number of nitrogen functional groups attached to an aromatic ring is 1. The Morgan fingerprint density at radius 1 is 0.612 bits per heavy atom. The SMILES string of the molecule is CCCCCCCCCCCCCCCCCCC(C)C(CCCCCCCCCCCCCCCC(C)C1CC1CCCCCCCCCCCCCCCCCC(=O)OP(=O)(O)OC[C@H]1O[C@@H](n2cnc3c(N)ncnc32)[C@H](O)[C@@H]1O)OC. The Labute approximate surface area is 519 Å². The van der Waals surface area contributed by atoms with E-state index in [9.17, 15) is 24.5 Å². The smallest absolute Gasteiger partial charge is 0.387 e. The second kappa shape index (κ2) is 47.7. The molecule has 0 aromatic carbocycles. The van der Waals surface area contributed by atoms with Crippen molar-refractivity contribution in [2.75, 3.05) is 19.5 Å². The molecule has 2 aromatic rings. The quantitative estimate of drug-likeness (QED) is 0.0360. The van der Waals surface area contributed by atoms with Gasteiger partial charge < -0.3 is 29.9 Å². The van der Waals surface area contributed by atoms with Gasteiger partial charge in [-0.3, -0.25) is 18.8 Å². The van der Waals surface area contributed by atoms with Crippen LogP contribution in [0.4, 0.5) is 5.82 Å². The van der Waals surface area contributed by atoms with Crippen LogP contribution in [0.5, 0.6) is 0 Å². The number of unbranched alkanes of at least 4 members (excludes halogenated alkanes) is 41. The molecule has 2 fully saturated rings. The van der Waals surface area contributed by atoms with Gasteiger partial charge in [-0.1, -0.05) is 310 Å². The molecule has 2 aliphatic rings. The van der Waals surface area contributed by atoms with Crippen LogP contribution < -0.4 is 5.73 Å². The van der Waals surface area contributed by atoms with E-state index in [0.29, 0.717) is 24.0 Å². The maximum atomic E-state index is 12.5. The van der Waals surface area contributed by atoms with Crippen LogP contribution >= 0.6 is 7.82 Å². The molecular weight excluding hydrogens is 1090 g/mol. The standard InChI is InChI=1S/C70H130N5O9P/c1-5-6-7-8-9-10-11-12-13-15-19-25-30-35-40-45-50-59(3)62(81-4)52-47-42-37-32-27-22-18-20-24-29-34-39-44-49-58(2)61-54-60(61)51-46-41-36-31-26-21-16-14-17-23-28-33-38-43-48-53-64(76)84-85(79,80)82-55-63-66(77)67(78)70(83-63)75-57-74-65-68(71)72-56-73-69(65)75/h56-63,66-67,70,77-78H,5-55H2,1-4H3,(H,79,80)(H2,71,72,73)/t58?,59?,60?,61?,62?,63-,66-,67-,70-/m1/s1. The Bertz CT molecular complexity index is 1980. The van der Waals surface area contributed by atoms with Crippen molar-refractivity contribution in [2.45, 2.75) is 372 Å². The number of methoxy groups -OCH3 is 1. The van der Waals surface area contributed by atoms with E-state index in [4.69, 9.17) is 24.3 Å². The minimum Gasteiger partial charge on any atom is -0.387 e. The molecule has 5 N–H and O–H groups in total. The van der Waals surface area contributed by atoms with Gasteiger partial charge in [-0.2, -0.15) is 0 Å². The van der Waals surface area contributed by atoms with E-state index in [1.807, 2.05) is 7.11 Å². The predicted octanol–water partition coefficient (Wildman–Crippen LogP) is 19.7.